The lowest BCUT2D eigenvalue weighted by atomic mass is 10.0. The van der Waals surface area contributed by atoms with Gasteiger partial charge in [-0.25, -0.2) is 0 Å². The molecule has 0 bridgehead atoms. The first-order valence-corrected chi connectivity index (χ1v) is 8.19. The van der Waals surface area contributed by atoms with Gasteiger partial charge in [-0.15, -0.1) is 0 Å². The maximum absolute atomic E-state index is 12.2. The number of nitrogens with one attached hydrogen (secondary N) is 1. The molecule has 1 N–H and O–H groups in total. The fourth-order valence-electron chi connectivity index (χ4n) is 3.07. The summed E-state index contributed by atoms with van der Waals surface area (Å²) >= 11 is 0. The topological polar surface area (TPSA) is 54.7 Å². The van der Waals surface area contributed by atoms with E-state index in [9.17, 15) is 4.79 Å². The second-order valence-electron chi connectivity index (χ2n) is 6.16. The van der Waals surface area contributed by atoms with Gasteiger partial charge in [0.15, 0.2) is 0 Å². The molecule has 5 nitrogen and oxygen atoms in total. The minimum Gasteiger partial charge on any atom is -0.469 e. The second-order valence-corrected chi connectivity index (χ2v) is 6.16. The lowest BCUT2D eigenvalue weighted by Crippen LogP contribution is -2.47. The van der Waals surface area contributed by atoms with Crippen LogP contribution in [0.25, 0.3) is 0 Å². The SMILES string of the molecule is COCCCC(C)N1CCC(NC(=O)c2ccoc2C)CC1. The van der Waals surface area contributed by atoms with Gasteiger partial charge in [0.1, 0.15) is 5.76 Å². The van der Waals surface area contributed by atoms with Crippen molar-refractivity contribution in [1.82, 2.24) is 10.2 Å². The number of likely N-dealkylation sites (tertiary alicyclic amines) is 1. The summed E-state index contributed by atoms with van der Waals surface area (Å²) in [5.74, 6) is 0.666. The Morgan fingerprint density at radius 2 is 2.23 bits per heavy atom. The molecule has 1 aliphatic rings. The van der Waals surface area contributed by atoms with E-state index in [-0.39, 0.29) is 11.9 Å². The summed E-state index contributed by atoms with van der Waals surface area (Å²) < 4.78 is 10.3. The van der Waals surface area contributed by atoms with Gasteiger partial charge in [-0.3, -0.25) is 4.79 Å². The number of rotatable bonds is 7. The summed E-state index contributed by atoms with van der Waals surface area (Å²) in [5.41, 5.74) is 0.648. The maximum atomic E-state index is 12.2. The first-order chi connectivity index (χ1) is 10.6. The highest BCUT2D eigenvalue weighted by Crippen LogP contribution is 2.17. The van der Waals surface area contributed by atoms with Crippen LogP contribution in [0.2, 0.25) is 0 Å². The van der Waals surface area contributed by atoms with Crippen LogP contribution < -0.4 is 5.32 Å². The van der Waals surface area contributed by atoms with Crippen molar-refractivity contribution in [2.45, 2.75) is 51.6 Å². The lowest BCUT2D eigenvalue weighted by Gasteiger charge is -2.36. The Bertz CT molecular complexity index is 464. The summed E-state index contributed by atoms with van der Waals surface area (Å²) in [4.78, 5) is 14.7. The quantitative estimate of drug-likeness (QED) is 0.787. The number of carbonyl (C=O) groups is 1. The monoisotopic (exact) mass is 308 g/mol. The third-order valence-electron chi connectivity index (χ3n) is 4.56. The van der Waals surface area contributed by atoms with Gasteiger partial charge in [0.2, 0.25) is 0 Å². The van der Waals surface area contributed by atoms with E-state index in [1.165, 1.54) is 6.42 Å². The number of carbonyl (C=O) groups excluding carboxylic acids is 1. The number of piperidine rings is 1. The number of ether oxygens (including phenoxy) is 1. The van der Waals surface area contributed by atoms with Crippen molar-refractivity contribution in [2.24, 2.45) is 0 Å². The summed E-state index contributed by atoms with van der Waals surface area (Å²) in [6.45, 7) is 7.02. The number of amides is 1. The molecule has 124 valence electrons. The molecule has 1 aliphatic heterocycles. The summed E-state index contributed by atoms with van der Waals surface area (Å²) in [5, 5.41) is 3.13. The highest BCUT2D eigenvalue weighted by molar-refractivity contribution is 5.95. The molecule has 0 aromatic carbocycles. The Morgan fingerprint density at radius 3 is 2.82 bits per heavy atom. The number of furan rings is 1. The standard InChI is InChI=1S/C17H28N2O3/c1-13(5-4-11-21-3)19-9-6-15(7-10-19)18-17(20)16-8-12-22-14(16)2/h8,12-13,15H,4-7,9-11H2,1-3H3,(H,18,20). The lowest BCUT2D eigenvalue weighted by molar-refractivity contribution is 0.0886. The van der Waals surface area contributed by atoms with E-state index in [1.807, 2.05) is 6.92 Å². The van der Waals surface area contributed by atoms with Gasteiger partial charge in [-0.1, -0.05) is 0 Å². The van der Waals surface area contributed by atoms with Gasteiger partial charge in [0.25, 0.3) is 5.91 Å². The van der Waals surface area contributed by atoms with Crippen molar-refractivity contribution in [3.63, 3.8) is 0 Å². The zero-order valence-corrected chi connectivity index (χ0v) is 13.9. The maximum Gasteiger partial charge on any atom is 0.255 e. The van der Waals surface area contributed by atoms with Crippen molar-refractivity contribution < 1.29 is 13.9 Å². The number of nitrogens with zero attached hydrogens (tertiary/aromatic N) is 1. The normalized spacial score (nSPS) is 18.3. The van der Waals surface area contributed by atoms with E-state index >= 15 is 0 Å². The van der Waals surface area contributed by atoms with Gasteiger partial charge in [-0.2, -0.15) is 0 Å². The van der Waals surface area contributed by atoms with Crippen molar-refractivity contribution in [1.29, 1.82) is 0 Å². The Labute approximate surface area is 133 Å². The molecule has 1 aromatic rings. The van der Waals surface area contributed by atoms with Crippen LogP contribution in [-0.2, 0) is 4.74 Å². The Kier molecular flexibility index (Phi) is 6.46. The van der Waals surface area contributed by atoms with Crippen LogP contribution >= 0.6 is 0 Å². The second kappa shape index (κ2) is 8.34. The average molecular weight is 308 g/mol. The van der Waals surface area contributed by atoms with Gasteiger partial charge >= 0.3 is 0 Å². The Hall–Kier alpha value is -1.33. The van der Waals surface area contributed by atoms with Crippen LogP contribution in [0.3, 0.4) is 0 Å². The molecule has 0 aliphatic carbocycles. The minimum absolute atomic E-state index is 0.0159. The highest BCUT2D eigenvalue weighted by Gasteiger charge is 2.24. The summed E-state index contributed by atoms with van der Waals surface area (Å²) in [6.07, 6.45) is 5.86. The van der Waals surface area contributed by atoms with E-state index in [4.69, 9.17) is 9.15 Å². The molecular formula is C17H28N2O3. The first-order valence-electron chi connectivity index (χ1n) is 8.19. The Morgan fingerprint density at radius 1 is 1.50 bits per heavy atom. The van der Waals surface area contributed by atoms with E-state index in [0.717, 1.165) is 39.0 Å². The summed E-state index contributed by atoms with van der Waals surface area (Å²) in [6, 6.07) is 2.59. The molecule has 2 rings (SSSR count). The number of methoxy groups -OCH3 is 1. The number of hydrogen-bond donors (Lipinski definition) is 1. The minimum atomic E-state index is -0.0159. The van der Waals surface area contributed by atoms with Gasteiger partial charge < -0.3 is 19.4 Å². The molecule has 22 heavy (non-hydrogen) atoms. The molecular weight excluding hydrogens is 280 g/mol. The van der Waals surface area contributed by atoms with Crippen LogP contribution in [0.1, 0.15) is 48.7 Å². The van der Waals surface area contributed by atoms with Crippen molar-refractivity contribution in [2.75, 3.05) is 26.8 Å². The molecule has 1 atom stereocenters. The van der Waals surface area contributed by atoms with Crippen molar-refractivity contribution in [3.8, 4) is 0 Å². The van der Waals surface area contributed by atoms with E-state index < -0.39 is 0 Å². The number of hydrogen-bond acceptors (Lipinski definition) is 4. The third-order valence-corrected chi connectivity index (χ3v) is 4.56. The van der Waals surface area contributed by atoms with Crippen LogP contribution in [0.4, 0.5) is 0 Å². The first kappa shape index (κ1) is 17.0. The van der Waals surface area contributed by atoms with E-state index in [1.54, 1.807) is 19.4 Å². The third kappa shape index (κ3) is 4.58. The fraction of sp³-hybridized carbons (Fsp3) is 0.706. The Balaban J connectivity index is 1.73. The fourth-order valence-corrected chi connectivity index (χ4v) is 3.07. The average Bonchev–Trinajstić information content (AvgIpc) is 2.94. The zero-order valence-electron chi connectivity index (χ0n) is 13.9. The molecule has 5 heteroatoms. The smallest absolute Gasteiger partial charge is 0.255 e. The largest absolute Gasteiger partial charge is 0.469 e. The van der Waals surface area contributed by atoms with Crippen molar-refractivity contribution >= 4 is 5.91 Å². The van der Waals surface area contributed by atoms with Gasteiger partial charge in [0.05, 0.1) is 11.8 Å². The van der Waals surface area contributed by atoms with Crippen LogP contribution in [0.5, 0.6) is 0 Å². The van der Waals surface area contributed by atoms with Crippen LogP contribution in [0.15, 0.2) is 16.7 Å². The van der Waals surface area contributed by atoms with Crippen LogP contribution in [0, 0.1) is 6.92 Å². The molecule has 1 fully saturated rings. The molecule has 1 aromatic heterocycles. The predicted octanol–water partition coefficient (Wildman–Crippen LogP) is 2.60. The van der Waals surface area contributed by atoms with Gasteiger partial charge in [-0.05, 0) is 45.6 Å². The summed E-state index contributed by atoms with van der Waals surface area (Å²) in [7, 11) is 1.75. The predicted molar refractivity (Wildman–Crippen MR) is 86.1 cm³/mol. The molecule has 0 radical (unpaired) electrons. The van der Waals surface area contributed by atoms with Crippen LogP contribution in [-0.4, -0.2) is 49.7 Å². The number of aryl methyl sites for hydroxylation is 1. The molecule has 1 saturated heterocycles. The molecule has 2 heterocycles. The zero-order chi connectivity index (χ0) is 15.9. The van der Waals surface area contributed by atoms with Crippen molar-refractivity contribution in [3.05, 3.63) is 23.7 Å². The van der Waals surface area contributed by atoms with Gasteiger partial charge in [0, 0.05) is 38.9 Å². The molecule has 1 unspecified atom stereocenters. The molecule has 1 amide bonds. The highest BCUT2D eigenvalue weighted by atomic mass is 16.5. The molecule has 0 spiro atoms. The molecule has 0 saturated carbocycles. The van der Waals surface area contributed by atoms with E-state index in [2.05, 4.69) is 17.1 Å². The van der Waals surface area contributed by atoms with E-state index in [0.29, 0.717) is 17.4 Å².